The molecule has 2 N–H and O–H groups in total. The molecule has 0 aliphatic carbocycles. The first-order valence-electron chi connectivity index (χ1n) is 11.4. The summed E-state index contributed by atoms with van der Waals surface area (Å²) in [7, 11) is 0. The lowest BCUT2D eigenvalue weighted by Crippen LogP contribution is -2.41. The fourth-order valence-corrected chi connectivity index (χ4v) is 4.35. The average molecular weight is 448 g/mol. The third-order valence-electron chi connectivity index (χ3n) is 6.41. The minimum Gasteiger partial charge on any atom is -0.381 e. The van der Waals surface area contributed by atoms with Gasteiger partial charge < -0.3 is 20.3 Å². The molecule has 0 spiro atoms. The molecule has 8 heteroatoms. The Hall–Kier alpha value is -3.44. The maximum atomic E-state index is 13.1. The number of urea groups is 1. The van der Waals surface area contributed by atoms with Gasteiger partial charge in [-0.3, -0.25) is 9.78 Å². The number of ether oxygens (including phenoxy) is 1. The van der Waals surface area contributed by atoms with Crippen LogP contribution >= 0.6 is 0 Å². The smallest absolute Gasteiger partial charge is 0.319 e. The van der Waals surface area contributed by atoms with Gasteiger partial charge in [0.05, 0.1) is 5.56 Å². The first-order chi connectivity index (χ1) is 16.0. The van der Waals surface area contributed by atoms with E-state index in [1.807, 2.05) is 30.0 Å². The Morgan fingerprint density at radius 3 is 2.55 bits per heavy atom. The molecule has 0 unspecified atom stereocenters. The van der Waals surface area contributed by atoms with Crippen LogP contribution in [-0.2, 0) is 4.74 Å². The van der Waals surface area contributed by atoms with Crippen molar-refractivity contribution >= 4 is 17.6 Å². The van der Waals surface area contributed by atoms with Crippen LogP contribution in [0.25, 0.3) is 0 Å². The van der Waals surface area contributed by atoms with E-state index in [2.05, 4.69) is 21.7 Å². The number of carbonyl (C=O) groups excluding carboxylic acids is 2. The largest absolute Gasteiger partial charge is 0.381 e. The topological polar surface area (TPSA) is 107 Å². The molecular formula is C25H29N5O3. The molecule has 2 fully saturated rings. The van der Waals surface area contributed by atoms with E-state index in [-0.39, 0.29) is 23.9 Å². The van der Waals surface area contributed by atoms with Crippen molar-refractivity contribution in [2.24, 2.45) is 0 Å². The number of anilines is 1. The van der Waals surface area contributed by atoms with Crippen LogP contribution in [0.3, 0.4) is 0 Å². The van der Waals surface area contributed by atoms with Crippen molar-refractivity contribution in [1.29, 1.82) is 5.26 Å². The summed E-state index contributed by atoms with van der Waals surface area (Å²) in [6.45, 7) is 4.52. The predicted molar refractivity (Wildman–Crippen MR) is 124 cm³/mol. The molecule has 8 nitrogen and oxygen atoms in total. The fourth-order valence-electron chi connectivity index (χ4n) is 4.35. The fraction of sp³-hybridized carbons (Fsp3) is 0.440. The van der Waals surface area contributed by atoms with Gasteiger partial charge in [-0.15, -0.1) is 0 Å². The lowest BCUT2D eigenvalue weighted by atomic mass is 9.92. The third kappa shape index (κ3) is 5.68. The van der Waals surface area contributed by atoms with Gasteiger partial charge in [-0.05, 0) is 62.4 Å². The molecule has 3 amide bonds. The second kappa shape index (κ2) is 10.5. The molecule has 1 aromatic heterocycles. The van der Waals surface area contributed by atoms with E-state index >= 15 is 0 Å². The number of rotatable bonds is 4. The van der Waals surface area contributed by atoms with Gasteiger partial charge in [-0.1, -0.05) is 6.07 Å². The van der Waals surface area contributed by atoms with Gasteiger partial charge in [0.15, 0.2) is 0 Å². The molecule has 2 aromatic rings. The van der Waals surface area contributed by atoms with Crippen molar-refractivity contribution in [3.63, 3.8) is 0 Å². The van der Waals surface area contributed by atoms with Crippen LogP contribution in [-0.4, -0.2) is 54.2 Å². The van der Waals surface area contributed by atoms with Crippen molar-refractivity contribution in [3.05, 3.63) is 58.9 Å². The van der Waals surface area contributed by atoms with Gasteiger partial charge in [0, 0.05) is 61.4 Å². The summed E-state index contributed by atoms with van der Waals surface area (Å²) in [5, 5.41) is 14.8. The summed E-state index contributed by atoms with van der Waals surface area (Å²) in [6, 6.07) is 11.1. The normalized spacial score (nSPS) is 17.3. The van der Waals surface area contributed by atoms with Crippen molar-refractivity contribution in [2.45, 2.75) is 44.6 Å². The van der Waals surface area contributed by atoms with Crippen molar-refractivity contribution in [2.75, 3.05) is 31.6 Å². The van der Waals surface area contributed by atoms with Crippen LogP contribution in [0.15, 0.2) is 36.5 Å². The lowest BCUT2D eigenvalue weighted by Gasteiger charge is -2.32. The number of nitrogens with zero attached hydrogens (tertiary/aromatic N) is 3. The molecule has 2 saturated heterocycles. The summed E-state index contributed by atoms with van der Waals surface area (Å²) in [5.74, 6) is 0.250. The Labute approximate surface area is 193 Å². The Morgan fingerprint density at radius 2 is 1.88 bits per heavy atom. The van der Waals surface area contributed by atoms with E-state index in [1.54, 1.807) is 18.3 Å². The van der Waals surface area contributed by atoms with Crippen LogP contribution in [0.5, 0.6) is 0 Å². The number of nitriles is 1. The van der Waals surface area contributed by atoms with Gasteiger partial charge in [0.2, 0.25) is 0 Å². The molecule has 33 heavy (non-hydrogen) atoms. The second-order valence-corrected chi connectivity index (χ2v) is 8.66. The molecule has 2 aliphatic rings. The summed E-state index contributed by atoms with van der Waals surface area (Å²) < 4.78 is 5.33. The van der Waals surface area contributed by atoms with Crippen LogP contribution in [0.1, 0.15) is 58.8 Å². The summed E-state index contributed by atoms with van der Waals surface area (Å²) in [5.41, 5.74) is 3.63. The number of nitrogens with one attached hydrogen (secondary N) is 2. The predicted octanol–water partition coefficient (Wildman–Crippen LogP) is 3.58. The van der Waals surface area contributed by atoms with E-state index in [9.17, 15) is 9.59 Å². The van der Waals surface area contributed by atoms with Crippen LogP contribution in [0, 0.1) is 18.3 Å². The van der Waals surface area contributed by atoms with Gasteiger partial charge >= 0.3 is 6.03 Å². The van der Waals surface area contributed by atoms with Gasteiger partial charge in [-0.2, -0.15) is 5.26 Å². The lowest BCUT2D eigenvalue weighted by molar-refractivity contribution is 0.0712. The molecule has 0 radical (unpaired) electrons. The molecule has 0 bridgehead atoms. The summed E-state index contributed by atoms with van der Waals surface area (Å²) in [6.07, 6.45) is 4.87. The second-order valence-electron chi connectivity index (χ2n) is 8.66. The first-order valence-corrected chi connectivity index (χ1v) is 11.4. The van der Waals surface area contributed by atoms with Crippen LogP contribution in [0.4, 0.5) is 10.5 Å². The third-order valence-corrected chi connectivity index (χ3v) is 6.41. The van der Waals surface area contributed by atoms with Crippen LogP contribution < -0.4 is 10.6 Å². The molecular weight excluding hydrogens is 418 g/mol. The minimum absolute atomic E-state index is 0.0332. The number of benzene rings is 1. The van der Waals surface area contributed by atoms with E-state index in [1.165, 1.54) is 0 Å². The van der Waals surface area contributed by atoms with E-state index in [0.717, 1.165) is 36.9 Å². The zero-order chi connectivity index (χ0) is 23.2. The zero-order valence-corrected chi connectivity index (χ0v) is 18.8. The maximum Gasteiger partial charge on any atom is 0.319 e. The number of aromatic nitrogens is 1. The Balaban J connectivity index is 1.35. The molecule has 0 atom stereocenters. The minimum atomic E-state index is -0.259. The molecule has 172 valence electrons. The van der Waals surface area contributed by atoms with E-state index < -0.39 is 0 Å². The highest BCUT2D eigenvalue weighted by Gasteiger charge is 2.26. The Kier molecular flexibility index (Phi) is 7.20. The molecule has 3 heterocycles. The molecule has 4 rings (SSSR count). The number of likely N-dealkylation sites (tertiary alicyclic amines) is 1. The van der Waals surface area contributed by atoms with Gasteiger partial charge in [0.1, 0.15) is 6.07 Å². The van der Waals surface area contributed by atoms with E-state index in [0.29, 0.717) is 43.1 Å². The molecule has 0 saturated carbocycles. The van der Waals surface area contributed by atoms with Gasteiger partial charge in [-0.25, -0.2) is 4.79 Å². The highest BCUT2D eigenvalue weighted by Crippen LogP contribution is 2.28. The highest BCUT2D eigenvalue weighted by molar-refractivity contribution is 5.97. The van der Waals surface area contributed by atoms with Crippen LogP contribution in [0.2, 0.25) is 0 Å². The van der Waals surface area contributed by atoms with Crippen molar-refractivity contribution in [1.82, 2.24) is 15.2 Å². The van der Waals surface area contributed by atoms with Crippen molar-refractivity contribution < 1.29 is 14.3 Å². The number of carbonyl (C=O) groups is 2. The molecule has 1 aromatic carbocycles. The number of piperidine rings is 1. The SMILES string of the molecule is Cc1ccc(C(=O)N2CCC(c3ccc(C#N)cn3)CC2)cc1NC(=O)NC1CCOCC1. The quantitative estimate of drug-likeness (QED) is 0.745. The zero-order valence-electron chi connectivity index (χ0n) is 18.8. The summed E-state index contributed by atoms with van der Waals surface area (Å²) >= 11 is 0. The average Bonchev–Trinajstić information content (AvgIpc) is 2.86. The Morgan fingerprint density at radius 1 is 1.12 bits per heavy atom. The Bertz CT molecular complexity index is 1030. The number of hydrogen-bond acceptors (Lipinski definition) is 5. The van der Waals surface area contributed by atoms with Gasteiger partial charge in [0.25, 0.3) is 5.91 Å². The summed E-state index contributed by atoms with van der Waals surface area (Å²) in [4.78, 5) is 31.8. The number of hydrogen-bond donors (Lipinski definition) is 2. The molecule has 2 aliphatic heterocycles. The number of pyridine rings is 1. The van der Waals surface area contributed by atoms with E-state index in [4.69, 9.17) is 10.00 Å². The monoisotopic (exact) mass is 447 g/mol. The van der Waals surface area contributed by atoms with Crippen molar-refractivity contribution in [3.8, 4) is 6.07 Å². The first kappa shape index (κ1) is 22.7. The standard InChI is InChI=1S/C25H29N5O3/c1-17-2-4-20(14-23(17)29-25(32)28-21-8-12-33-13-9-21)24(31)30-10-6-19(7-11-30)22-5-3-18(15-26)16-27-22/h2-5,14,16,19,21H,6-13H2,1H3,(H2,28,29,32). The number of amides is 3. The number of aryl methyl sites for hydroxylation is 1. The maximum absolute atomic E-state index is 13.1. The highest BCUT2D eigenvalue weighted by atomic mass is 16.5.